The highest BCUT2D eigenvalue weighted by Gasteiger charge is 2.32. The van der Waals surface area contributed by atoms with Crippen LogP contribution in [0.4, 0.5) is 0 Å². The third-order valence-electron chi connectivity index (χ3n) is 6.59. The molecule has 0 heterocycles. The first-order valence-electron chi connectivity index (χ1n) is 12.8. The third kappa shape index (κ3) is 9.97. The van der Waals surface area contributed by atoms with E-state index < -0.39 is 47.9 Å². The van der Waals surface area contributed by atoms with Crippen molar-refractivity contribution in [2.75, 3.05) is 0 Å². The molecule has 1 aromatic carbocycles. The Morgan fingerprint density at radius 2 is 1.33 bits per heavy atom. The molecule has 0 aliphatic rings. The summed E-state index contributed by atoms with van der Waals surface area (Å²) in [5.74, 6) is -2.93. The molecule has 6 unspecified atom stereocenters. The first-order valence-corrected chi connectivity index (χ1v) is 12.8. The van der Waals surface area contributed by atoms with E-state index in [0.717, 1.165) is 12.0 Å². The second-order valence-corrected chi connectivity index (χ2v) is 10.1. The van der Waals surface area contributed by atoms with Crippen LogP contribution in [0.3, 0.4) is 0 Å². The highest BCUT2D eigenvalue weighted by Crippen LogP contribution is 2.12. The van der Waals surface area contributed by atoms with Gasteiger partial charge in [0.2, 0.25) is 17.7 Å². The lowest BCUT2D eigenvalue weighted by Gasteiger charge is -2.28. The minimum atomic E-state index is -1.13. The predicted molar refractivity (Wildman–Crippen MR) is 140 cm³/mol. The maximum absolute atomic E-state index is 13.3. The molecule has 36 heavy (non-hydrogen) atoms. The molecule has 6 atom stereocenters. The van der Waals surface area contributed by atoms with Crippen LogP contribution >= 0.6 is 0 Å². The van der Waals surface area contributed by atoms with Crippen LogP contribution < -0.4 is 21.7 Å². The molecule has 0 aliphatic carbocycles. The molecule has 9 heteroatoms. The van der Waals surface area contributed by atoms with Gasteiger partial charge in [0.1, 0.15) is 18.1 Å². The van der Waals surface area contributed by atoms with Crippen LogP contribution in [0, 0.1) is 17.8 Å². The SMILES string of the molecule is CCC(C)C(N)C(=O)NC(CC(C)C)C(=O)NC(Cc1ccccc1)C(=O)NC(C(=O)O)C(C)CC. The summed E-state index contributed by atoms with van der Waals surface area (Å²) in [6.07, 6.45) is 1.80. The summed E-state index contributed by atoms with van der Waals surface area (Å²) in [6, 6.07) is 5.39. The van der Waals surface area contributed by atoms with Crippen molar-refractivity contribution in [1.29, 1.82) is 0 Å². The molecule has 9 nitrogen and oxygen atoms in total. The third-order valence-corrected chi connectivity index (χ3v) is 6.59. The number of nitrogens with two attached hydrogens (primary N) is 1. The predicted octanol–water partition coefficient (Wildman–Crippen LogP) is 2.23. The molecule has 202 valence electrons. The Balaban J connectivity index is 3.16. The van der Waals surface area contributed by atoms with Crippen molar-refractivity contribution in [3.05, 3.63) is 35.9 Å². The zero-order valence-corrected chi connectivity index (χ0v) is 22.4. The number of aliphatic carboxylic acids is 1. The van der Waals surface area contributed by atoms with E-state index in [1.54, 1.807) is 6.92 Å². The van der Waals surface area contributed by atoms with Crippen LogP contribution in [0.5, 0.6) is 0 Å². The van der Waals surface area contributed by atoms with E-state index in [-0.39, 0.29) is 24.2 Å². The van der Waals surface area contributed by atoms with E-state index in [0.29, 0.717) is 12.8 Å². The van der Waals surface area contributed by atoms with E-state index in [1.807, 2.05) is 65.0 Å². The van der Waals surface area contributed by atoms with Gasteiger partial charge in [0, 0.05) is 6.42 Å². The fourth-order valence-electron chi connectivity index (χ4n) is 3.75. The first kappa shape index (κ1) is 31.1. The fourth-order valence-corrected chi connectivity index (χ4v) is 3.75. The standard InChI is InChI=1S/C27H44N4O5/c1-7-17(5)22(28)26(34)30-20(14-16(3)4)24(32)29-21(15-19-12-10-9-11-13-19)25(33)31-23(27(35)36)18(6)8-2/h9-13,16-18,20-23H,7-8,14-15,28H2,1-6H3,(H,29,32)(H,30,34)(H,31,33)(H,35,36). The minimum absolute atomic E-state index is 0.0575. The van der Waals surface area contributed by atoms with Gasteiger partial charge in [-0.15, -0.1) is 0 Å². The molecule has 0 radical (unpaired) electrons. The summed E-state index contributed by atoms with van der Waals surface area (Å²) >= 11 is 0. The first-order chi connectivity index (χ1) is 16.9. The minimum Gasteiger partial charge on any atom is -0.480 e. The van der Waals surface area contributed by atoms with Gasteiger partial charge in [0.15, 0.2) is 0 Å². The van der Waals surface area contributed by atoms with E-state index in [2.05, 4.69) is 16.0 Å². The average molecular weight is 505 g/mol. The van der Waals surface area contributed by atoms with Gasteiger partial charge in [-0.2, -0.15) is 0 Å². The van der Waals surface area contributed by atoms with Crippen molar-refractivity contribution in [3.63, 3.8) is 0 Å². The molecule has 1 aromatic rings. The van der Waals surface area contributed by atoms with E-state index in [4.69, 9.17) is 5.73 Å². The van der Waals surface area contributed by atoms with Gasteiger partial charge in [0.05, 0.1) is 6.04 Å². The Kier molecular flexibility index (Phi) is 13.2. The van der Waals surface area contributed by atoms with Crippen LogP contribution in [-0.2, 0) is 25.6 Å². The van der Waals surface area contributed by atoms with Crippen LogP contribution in [0.25, 0.3) is 0 Å². The molecule has 0 fully saturated rings. The lowest BCUT2D eigenvalue weighted by molar-refractivity contribution is -0.143. The van der Waals surface area contributed by atoms with Crippen LogP contribution in [0.1, 0.15) is 66.4 Å². The molecular formula is C27H44N4O5. The average Bonchev–Trinajstić information content (AvgIpc) is 2.84. The van der Waals surface area contributed by atoms with Crippen molar-refractivity contribution >= 4 is 23.7 Å². The second kappa shape index (κ2) is 15.2. The summed E-state index contributed by atoms with van der Waals surface area (Å²) in [4.78, 5) is 51.0. The number of amides is 3. The normalized spacial score (nSPS) is 16.2. The van der Waals surface area contributed by atoms with E-state index in [1.165, 1.54) is 0 Å². The number of hydrogen-bond acceptors (Lipinski definition) is 5. The lowest BCUT2D eigenvalue weighted by Crippen LogP contribution is -2.58. The van der Waals surface area contributed by atoms with Crippen molar-refractivity contribution in [2.24, 2.45) is 23.5 Å². The van der Waals surface area contributed by atoms with Gasteiger partial charge in [0.25, 0.3) is 0 Å². The largest absolute Gasteiger partial charge is 0.480 e. The Morgan fingerprint density at radius 1 is 0.806 bits per heavy atom. The lowest BCUT2D eigenvalue weighted by atomic mass is 9.97. The molecular weight excluding hydrogens is 460 g/mol. The summed E-state index contributed by atoms with van der Waals surface area (Å²) in [6.45, 7) is 11.3. The molecule has 0 spiro atoms. The zero-order chi connectivity index (χ0) is 27.4. The monoisotopic (exact) mass is 504 g/mol. The highest BCUT2D eigenvalue weighted by molar-refractivity contribution is 5.94. The Labute approximate surface area is 215 Å². The Hall–Kier alpha value is -2.94. The van der Waals surface area contributed by atoms with Crippen LogP contribution in [0.15, 0.2) is 30.3 Å². The van der Waals surface area contributed by atoms with Gasteiger partial charge >= 0.3 is 5.97 Å². The van der Waals surface area contributed by atoms with E-state index >= 15 is 0 Å². The number of carboxylic acid groups (broad SMARTS) is 1. The topological polar surface area (TPSA) is 151 Å². The summed E-state index contributed by atoms with van der Waals surface area (Å²) in [5, 5.41) is 17.7. The van der Waals surface area contributed by atoms with Crippen molar-refractivity contribution < 1.29 is 24.3 Å². The summed E-state index contributed by atoms with van der Waals surface area (Å²) in [5.41, 5.74) is 6.87. The smallest absolute Gasteiger partial charge is 0.326 e. The van der Waals surface area contributed by atoms with Crippen molar-refractivity contribution in [3.8, 4) is 0 Å². The molecule has 0 aliphatic heterocycles. The van der Waals surface area contributed by atoms with Gasteiger partial charge in [-0.3, -0.25) is 14.4 Å². The number of carbonyl (C=O) groups excluding carboxylic acids is 3. The summed E-state index contributed by atoms with van der Waals surface area (Å²) < 4.78 is 0. The van der Waals surface area contributed by atoms with Gasteiger partial charge in [-0.05, 0) is 29.7 Å². The van der Waals surface area contributed by atoms with Crippen LogP contribution in [-0.4, -0.2) is 53.0 Å². The Morgan fingerprint density at radius 3 is 1.83 bits per heavy atom. The summed E-state index contributed by atoms with van der Waals surface area (Å²) in [7, 11) is 0. The van der Waals surface area contributed by atoms with Gasteiger partial charge in [-0.25, -0.2) is 4.79 Å². The molecule has 0 aromatic heterocycles. The number of nitrogens with one attached hydrogen (secondary N) is 3. The van der Waals surface area contributed by atoms with Gasteiger partial charge in [-0.1, -0.05) is 84.7 Å². The number of benzene rings is 1. The molecule has 3 amide bonds. The van der Waals surface area contributed by atoms with Crippen molar-refractivity contribution in [1.82, 2.24) is 16.0 Å². The quantitative estimate of drug-likeness (QED) is 0.247. The molecule has 0 bridgehead atoms. The second-order valence-electron chi connectivity index (χ2n) is 10.1. The maximum atomic E-state index is 13.3. The Bertz CT molecular complexity index is 861. The number of carbonyl (C=O) groups is 4. The maximum Gasteiger partial charge on any atom is 0.326 e. The molecule has 6 N–H and O–H groups in total. The number of hydrogen-bond donors (Lipinski definition) is 5. The number of rotatable bonds is 15. The number of carboxylic acids is 1. The van der Waals surface area contributed by atoms with Gasteiger partial charge < -0.3 is 26.8 Å². The van der Waals surface area contributed by atoms with Crippen molar-refractivity contribution in [2.45, 2.75) is 91.4 Å². The molecule has 0 saturated heterocycles. The highest BCUT2D eigenvalue weighted by atomic mass is 16.4. The molecule has 1 rings (SSSR count). The fraction of sp³-hybridized carbons (Fsp3) is 0.630. The van der Waals surface area contributed by atoms with E-state index in [9.17, 15) is 24.3 Å². The molecule has 0 saturated carbocycles. The zero-order valence-electron chi connectivity index (χ0n) is 22.4. The van der Waals surface area contributed by atoms with Crippen LogP contribution in [0.2, 0.25) is 0 Å².